The minimum atomic E-state index is -4.48. The topological polar surface area (TPSA) is 121 Å². The molecule has 198 valence electrons. The second kappa shape index (κ2) is 11.3. The molecule has 1 unspecified atom stereocenters. The average Bonchev–Trinajstić information content (AvgIpc) is 3.35. The number of hydrogen-bond acceptors (Lipinski definition) is 8. The zero-order chi connectivity index (χ0) is 26.6. The lowest BCUT2D eigenvalue weighted by molar-refractivity contribution is -0.130. The lowest BCUT2D eigenvalue weighted by atomic mass is 9.96. The maximum absolute atomic E-state index is 13.4. The molecule has 0 aromatic carbocycles. The van der Waals surface area contributed by atoms with E-state index in [-0.39, 0.29) is 24.6 Å². The standard InChI is InChI=1S/C24H26BrF3N6O3/c1-14(32-22(36)23(6-7-37-12-23)34-21(35)15-9-29-13-30-10-15)19-5-3-17(11-31-19)33-20-4-2-16(25)8-18(20)24(26,27)28/h3,5,8-11,13-14,21,33-35H,2,4,6-7,12H2,1H3,(H,32,36)/t14-,21?,23+/m1/s1. The van der Waals surface area contributed by atoms with Gasteiger partial charge in [-0.1, -0.05) is 15.9 Å². The molecule has 0 saturated carbocycles. The number of aliphatic hydroxyl groups is 1. The van der Waals surface area contributed by atoms with E-state index in [4.69, 9.17) is 4.74 Å². The molecule has 2 aromatic heterocycles. The number of ether oxygens (including phenoxy) is 1. The highest BCUT2D eigenvalue weighted by atomic mass is 79.9. The molecule has 2 aliphatic rings. The zero-order valence-electron chi connectivity index (χ0n) is 19.8. The Bertz CT molecular complexity index is 1170. The molecule has 9 nitrogen and oxygen atoms in total. The van der Waals surface area contributed by atoms with Crippen LogP contribution in [0.15, 0.2) is 58.9 Å². The summed E-state index contributed by atoms with van der Waals surface area (Å²) in [5.74, 6) is -0.378. The Kier molecular flexibility index (Phi) is 8.26. The van der Waals surface area contributed by atoms with Gasteiger partial charge in [0.15, 0.2) is 0 Å². The lowest BCUT2D eigenvalue weighted by Gasteiger charge is -2.31. The van der Waals surface area contributed by atoms with Crippen LogP contribution in [0.5, 0.6) is 0 Å². The number of rotatable bonds is 8. The van der Waals surface area contributed by atoms with Crippen molar-refractivity contribution in [2.24, 2.45) is 0 Å². The average molecular weight is 583 g/mol. The molecule has 37 heavy (non-hydrogen) atoms. The van der Waals surface area contributed by atoms with Crippen LogP contribution in [0, 0.1) is 0 Å². The van der Waals surface area contributed by atoms with Gasteiger partial charge in [0, 0.05) is 36.7 Å². The summed E-state index contributed by atoms with van der Waals surface area (Å²) in [6.07, 6.45) is 2.09. The molecule has 0 radical (unpaired) electrons. The minimum absolute atomic E-state index is 0.0633. The largest absolute Gasteiger partial charge is 0.418 e. The Morgan fingerprint density at radius 2 is 1.97 bits per heavy atom. The van der Waals surface area contributed by atoms with Crippen molar-refractivity contribution in [2.75, 3.05) is 18.5 Å². The second-order valence-corrected chi connectivity index (χ2v) is 9.90. The van der Waals surface area contributed by atoms with Crippen molar-refractivity contribution in [2.45, 2.75) is 50.2 Å². The van der Waals surface area contributed by atoms with Crippen LogP contribution in [0.1, 0.15) is 49.7 Å². The van der Waals surface area contributed by atoms with Gasteiger partial charge < -0.3 is 20.5 Å². The van der Waals surface area contributed by atoms with Crippen LogP contribution in [0.2, 0.25) is 0 Å². The molecular weight excluding hydrogens is 557 g/mol. The minimum Gasteiger partial charge on any atom is -0.379 e. The van der Waals surface area contributed by atoms with Crippen molar-refractivity contribution in [3.8, 4) is 0 Å². The number of halogens is 4. The van der Waals surface area contributed by atoms with Gasteiger partial charge in [-0.25, -0.2) is 9.97 Å². The number of alkyl halides is 3. The predicted octanol–water partition coefficient (Wildman–Crippen LogP) is 3.79. The van der Waals surface area contributed by atoms with Crippen LogP contribution < -0.4 is 16.0 Å². The maximum Gasteiger partial charge on any atom is 0.418 e. The molecule has 1 aliphatic heterocycles. The molecule has 13 heteroatoms. The summed E-state index contributed by atoms with van der Waals surface area (Å²) in [5.41, 5.74) is -0.500. The van der Waals surface area contributed by atoms with Crippen molar-refractivity contribution < 1.29 is 27.8 Å². The van der Waals surface area contributed by atoms with E-state index in [1.807, 2.05) is 0 Å². The van der Waals surface area contributed by atoms with Crippen LogP contribution >= 0.6 is 15.9 Å². The molecule has 1 aliphatic carbocycles. The van der Waals surface area contributed by atoms with Crippen molar-refractivity contribution in [3.63, 3.8) is 0 Å². The van der Waals surface area contributed by atoms with Crippen LogP contribution in [0.3, 0.4) is 0 Å². The molecule has 1 fully saturated rings. The van der Waals surface area contributed by atoms with Gasteiger partial charge in [0.05, 0.1) is 35.8 Å². The fourth-order valence-corrected chi connectivity index (χ4v) is 4.54. The number of hydrogen-bond donors (Lipinski definition) is 4. The summed E-state index contributed by atoms with van der Waals surface area (Å²) in [5, 5.41) is 19.2. The maximum atomic E-state index is 13.4. The van der Waals surface area contributed by atoms with Crippen molar-refractivity contribution in [1.29, 1.82) is 0 Å². The van der Waals surface area contributed by atoms with Gasteiger partial charge in [-0.2, -0.15) is 13.2 Å². The smallest absolute Gasteiger partial charge is 0.379 e. The van der Waals surface area contributed by atoms with Gasteiger partial charge in [0.2, 0.25) is 5.91 Å². The summed E-state index contributed by atoms with van der Waals surface area (Å²) >= 11 is 3.15. The molecule has 2 aromatic rings. The van der Waals surface area contributed by atoms with Gasteiger partial charge in [0.1, 0.15) is 18.1 Å². The fraction of sp³-hybridized carbons (Fsp3) is 0.417. The molecular formula is C24H26BrF3N6O3. The highest BCUT2D eigenvalue weighted by molar-refractivity contribution is 9.11. The summed E-state index contributed by atoms with van der Waals surface area (Å²) in [6, 6.07) is 2.74. The molecule has 0 spiro atoms. The SMILES string of the molecule is C[C@@H](NC(=O)[C@]1(NC(O)c2cncnc2)CCOC1)c1ccc(NC2=C(C(F)(F)F)C=C(Br)CC2)cn1. The van der Waals surface area contributed by atoms with Crippen LogP contribution in [-0.4, -0.2) is 50.9 Å². The number of aromatic nitrogens is 3. The first-order chi connectivity index (χ1) is 17.6. The third kappa shape index (κ3) is 6.53. The van der Waals surface area contributed by atoms with E-state index in [0.717, 1.165) is 6.08 Å². The summed E-state index contributed by atoms with van der Waals surface area (Å²) in [6.45, 7) is 2.15. The van der Waals surface area contributed by atoms with Crippen molar-refractivity contribution >= 4 is 27.5 Å². The first-order valence-electron chi connectivity index (χ1n) is 11.6. The molecule has 3 atom stereocenters. The van der Waals surface area contributed by atoms with Crippen molar-refractivity contribution in [1.82, 2.24) is 25.6 Å². The molecule has 3 heterocycles. The predicted molar refractivity (Wildman–Crippen MR) is 132 cm³/mol. The Hall–Kier alpha value is -2.87. The number of nitrogens with one attached hydrogen (secondary N) is 3. The number of aliphatic hydroxyl groups excluding tert-OH is 1. The number of carbonyl (C=O) groups excluding carboxylic acids is 1. The van der Waals surface area contributed by atoms with E-state index in [2.05, 4.69) is 46.8 Å². The quantitative estimate of drug-likeness (QED) is 0.347. The monoisotopic (exact) mass is 582 g/mol. The Balaban J connectivity index is 1.43. The highest BCUT2D eigenvalue weighted by Gasteiger charge is 2.44. The number of allylic oxidation sites excluding steroid dienone is 4. The third-order valence-electron chi connectivity index (χ3n) is 6.18. The van der Waals surface area contributed by atoms with Gasteiger partial charge in [-0.3, -0.25) is 15.1 Å². The summed E-state index contributed by atoms with van der Waals surface area (Å²) in [7, 11) is 0. The van der Waals surface area contributed by atoms with Crippen LogP contribution in [0.25, 0.3) is 0 Å². The molecule has 4 rings (SSSR count). The first-order valence-corrected chi connectivity index (χ1v) is 12.4. The number of carbonyl (C=O) groups is 1. The lowest BCUT2D eigenvalue weighted by Crippen LogP contribution is -2.58. The summed E-state index contributed by atoms with van der Waals surface area (Å²) < 4.78 is 46.3. The van der Waals surface area contributed by atoms with Gasteiger partial charge in [-0.05, 0) is 42.5 Å². The van der Waals surface area contributed by atoms with E-state index < -0.39 is 29.6 Å². The Labute approximate surface area is 219 Å². The summed E-state index contributed by atoms with van der Waals surface area (Å²) in [4.78, 5) is 25.3. The molecule has 1 amide bonds. The number of anilines is 1. The van der Waals surface area contributed by atoms with Gasteiger partial charge in [-0.15, -0.1) is 0 Å². The van der Waals surface area contributed by atoms with Gasteiger partial charge >= 0.3 is 6.18 Å². The molecule has 0 bridgehead atoms. The number of amides is 1. The van der Waals surface area contributed by atoms with Crippen molar-refractivity contribution in [3.05, 3.63) is 70.1 Å². The second-order valence-electron chi connectivity index (χ2n) is 8.88. The van der Waals surface area contributed by atoms with Crippen LogP contribution in [0.4, 0.5) is 18.9 Å². The van der Waals surface area contributed by atoms with E-state index in [9.17, 15) is 23.1 Å². The molecule has 4 N–H and O–H groups in total. The van der Waals surface area contributed by atoms with E-state index in [1.165, 1.54) is 24.9 Å². The fourth-order valence-electron chi connectivity index (χ4n) is 4.12. The number of nitrogens with zero attached hydrogens (tertiary/aromatic N) is 3. The Morgan fingerprint density at radius 3 is 2.59 bits per heavy atom. The Morgan fingerprint density at radius 1 is 1.22 bits per heavy atom. The first kappa shape index (κ1) is 27.2. The zero-order valence-corrected chi connectivity index (χ0v) is 21.4. The normalized spacial score (nSPS) is 21.8. The van der Waals surface area contributed by atoms with E-state index in [0.29, 0.717) is 40.9 Å². The molecule has 1 saturated heterocycles. The van der Waals surface area contributed by atoms with E-state index in [1.54, 1.807) is 19.1 Å². The number of pyridine rings is 1. The third-order valence-corrected chi connectivity index (χ3v) is 6.81. The van der Waals surface area contributed by atoms with Crippen LogP contribution in [-0.2, 0) is 9.53 Å². The highest BCUT2D eigenvalue weighted by Crippen LogP contribution is 2.37. The van der Waals surface area contributed by atoms with Gasteiger partial charge in [0.25, 0.3) is 0 Å². The van der Waals surface area contributed by atoms with E-state index >= 15 is 0 Å².